The molecule has 0 amide bonds. The number of aliphatic hydroxyl groups excluding tert-OH is 1. The molecule has 0 spiro atoms. The number of benzene rings is 1. The molecule has 2 N–H and O–H groups in total. The summed E-state index contributed by atoms with van der Waals surface area (Å²) >= 11 is 0. The monoisotopic (exact) mass is 266 g/mol. The smallest absolute Gasteiger partial charge is 0.126 e. The number of rotatable bonds is 8. The Bertz CT molecular complexity index is 330. The number of aliphatic hydroxyl groups is 1. The molecule has 1 aromatic carbocycles. The van der Waals surface area contributed by atoms with E-state index in [-0.39, 0.29) is 0 Å². The van der Waals surface area contributed by atoms with Crippen LogP contribution >= 0.6 is 0 Å². The second-order valence-electron chi connectivity index (χ2n) is 5.74. The highest BCUT2D eigenvalue weighted by molar-refractivity contribution is 5.13. The van der Waals surface area contributed by atoms with Gasteiger partial charge >= 0.3 is 0 Å². The number of hydrogen-bond donors (Lipinski definition) is 2. The minimum atomic E-state index is -0.400. The lowest BCUT2D eigenvalue weighted by molar-refractivity contribution is -0.945. The summed E-state index contributed by atoms with van der Waals surface area (Å²) in [6.45, 7) is 10.5. The first-order valence-corrected chi connectivity index (χ1v) is 7.16. The van der Waals surface area contributed by atoms with Crippen LogP contribution in [0.1, 0.15) is 33.3 Å². The molecule has 0 bridgehead atoms. The number of ether oxygens (including phenoxy) is 1. The number of nitrogens with one attached hydrogen (secondary N) is 1. The van der Waals surface area contributed by atoms with Crippen LogP contribution < -0.4 is 4.90 Å². The Morgan fingerprint density at radius 2 is 1.63 bits per heavy atom. The molecule has 0 heterocycles. The van der Waals surface area contributed by atoms with Gasteiger partial charge in [0.05, 0.1) is 25.3 Å². The fourth-order valence-electron chi connectivity index (χ4n) is 2.36. The largest absolute Gasteiger partial charge is 0.385 e. The van der Waals surface area contributed by atoms with Crippen LogP contribution in [-0.4, -0.2) is 36.4 Å². The van der Waals surface area contributed by atoms with Crippen molar-refractivity contribution < 1.29 is 14.7 Å². The van der Waals surface area contributed by atoms with Crippen molar-refractivity contribution in [2.24, 2.45) is 0 Å². The minimum absolute atomic E-state index is 0.400. The average molecular weight is 266 g/mol. The zero-order valence-electron chi connectivity index (χ0n) is 12.6. The summed E-state index contributed by atoms with van der Waals surface area (Å²) in [6, 6.07) is 11.1. The van der Waals surface area contributed by atoms with E-state index in [4.69, 9.17) is 4.74 Å². The van der Waals surface area contributed by atoms with Crippen molar-refractivity contribution in [2.75, 3.05) is 13.2 Å². The molecule has 1 rings (SSSR count). The standard InChI is InChI=1S/C16H27NO2/c1-13(2)17(14(3)4)10-16(18)12-19-11-15-8-6-5-7-9-15/h5-9,13-14,16,18H,10-12H2,1-4H3/p+1/t16-/m1/s1. The van der Waals surface area contributed by atoms with E-state index in [1.807, 2.05) is 30.3 Å². The van der Waals surface area contributed by atoms with Gasteiger partial charge in [-0.3, -0.25) is 0 Å². The van der Waals surface area contributed by atoms with Gasteiger partial charge in [-0.15, -0.1) is 0 Å². The molecule has 0 saturated heterocycles. The molecule has 108 valence electrons. The third-order valence-corrected chi connectivity index (χ3v) is 3.38. The van der Waals surface area contributed by atoms with Gasteiger partial charge in [-0.05, 0) is 33.3 Å². The summed E-state index contributed by atoms with van der Waals surface area (Å²) in [5.74, 6) is 0. The third kappa shape index (κ3) is 6.19. The Kier molecular flexibility index (Phi) is 7.06. The quantitative estimate of drug-likeness (QED) is 0.743. The molecular formula is C16H28NO2+. The third-order valence-electron chi connectivity index (χ3n) is 3.38. The van der Waals surface area contributed by atoms with E-state index in [1.165, 1.54) is 4.90 Å². The second-order valence-corrected chi connectivity index (χ2v) is 5.74. The van der Waals surface area contributed by atoms with Crippen molar-refractivity contribution in [1.29, 1.82) is 0 Å². The molecule has 0 unspecified atom stereocenters. The highest BCUT2D eigenvalue weighted by Crippen LogP contribution is 2.00. The molecule has 0 aliphatic carbocycles. The first-order chi connectivity index (χ1) is 9.00. The molecule has 0 saturated carbocycles. The molecule has 3 heteroatoms. The fraction of sp³-hybridized carbons (Fsp3) is 0.625. The summed E-state index contributed by atoms with van der Waals surface area (Å²) < 4.78 is 5.58. The fourth-order valence-corrected chi connectivity index (χ4v) is 2.36. The molecule has 0 fully saturated rings. The van der Waals surface area contributed by atoms with Gasteiger partial charge in [0.1, 0.15) is 12.6 Å². The Labute approximate surface area is 117 Å². The SMILES string of the molecule is CC(C)[NH+](C[C@@H](O)COCc1ccccc1)C(C)C. The normalized spacial score (nSPS) is 13.5. The summed E-state index contributed by atoms with van der Waals surface area (Å²) in [5, 5.41) is 10.0. The van der Waals surface area contributed by atoms with E-state index >= 15 is 0 Å². The Morgan fingerprint density at radius 3 is 2.16 bits per heavy atom. The van der Waals surface area contributed by atoms with E-state index in [0.29, 0.717) is 25.3 Å². The molecule has 1 aromatic rings. The summed E-state index contributed by atoms with van der Waals surface area (Å²) in [5.41, 5.74) is 1.15. The number of hydrogen-bond acceptors (Lipinski definition) is 2. The lowest BCUT2D eigenvalue weighted by Crippen LogP contribution is -3.18. The van der Waals surface area contributed by atoms with Crippen LogP contribution in [-0.2, 0) is 11.3 Å². The molecule has 0 radical (unpaired) electrons. The Hall–Kier alpha value is -0.900. The van der Waals surface area contributed by atoms with Gasteiger partial charge in [0.25, 0.3) is 0 Å². The zero-order chi connectivity index (χ0) is 14.3. The van der Waals surface area contributed by atoms with E-state index in [0.717, 1.165) is 12.1 Å². The van der Waals surface area contributed by atoms with Gasteiger partial charge in [-0.1, -0.05) is 30.3 Å². The highest BCUT2D eigenvalue weighted by Gasteiger charge is 2.21. The molecule has 1 atom stereocenters. The van der Waals surface area contributed by atoms with Gasteiger partial charge in [0.2, 0.25) is 0 Å². The van der Waals surface area contributed by atoms with Crippen LogP contribution in [0.25, 0.3) is 0 Å². The Balaban J connectivity index is 2.29. The molecule has 3 nitrogen and oxygen atoms in total. The maximum atomic E-state index is 10.0. The molecular weight excluding hydrogens is 238 g/mol. The predicted octanol–water partition coefficient (Wildman–Crippen LogP) is 1.27. The Morgan fingerprint density at radius 1 is 1.05 bits per heavy atom. The van der Waals surface area contributed by atoms with Crippen molar-refractivity contribution in [3.8, 4) is 0 Å². The van der Waals surface area contributed by atoms with E-state index in [9.17, 15) is 5.11 Å². The second kappa shape index (κ2) is 8.31. The van der Waals surface area contributed by atoms with Crippen LogP contribution in [0, 0.1) is 0 Å². The van der Waals surface area contributed by atoms with Crippen LogP contribution in [0.2, 0.25) is 0 Å². The van der Waals surface area contributed by atoms with Gasteiger partial charge in [-0.2, -0.15) is 0 Å². The predicted molar refractivity (Wildman–Crippen MR) is 78.2 cm³/mol. The summed E-state index contributed by atoms with van der Waals surface area (Å²) in [6.07, 6.45) is -0.400. The highest BCUT2D eigenvalue weighted by atomic mass is 16.5. The molecule has 0 aliphatic heterocycles. The summed E-state index contributed by atoms with van der Waals surface area (Å²) in [4.78, 5) is 1.41. The van der Waals surface area contributed by atoms with E-state index < -0.39 is 6.10 Å². The first kappa shape index (κ1) is 16.2. The minimum Gasteiger partial charge on any atom is -0.385 e. The van der Waals surface area contributed by atoms with Crippen molar-refractivity contribution in [1.82, 2.24) is 0 Å². The van der Waals surface area contributed by atoms with Crippen LogP contribution in [0.15, 0.2) is 30.3 Å². The lowest BCUT2D eigenvalue weighted by Gasteiger charge is -2.29. The van der Waals surface area contributed by atoms with Crippen molar-refractivity contribution in [2.45, 2.75) is 52.5 Å². The lowest BCUT2D eigenvalue weighted by atomic mass is 10.2. The molecule has 0 aromatic heterocycles. The van der Waals surface area contributed by atoms with Crippen molar-refractivity contribution >= 4 is 0 Å². The van der Waals surface area contributed by atoms with Gasteiger partial charge in [0.15, 0.2) is 0 Å². The zero-order valence-corrected chi connectivity index (χ0v) is 12.6. The summed E-state index contributed by atoms with van der Waals surface area (Å²) in [7, 11) is 0. The van der Waals surface area contributed by atoms with Gasteiger partial charge < -0.3 is 14.7 Å². The first-order valence-electron chi connectivity index (χ1n) is 7.16. The van der Waals surface area contributed by atoms with Crippen LogP contribution in [0.3, 0.4) is 0 Å². The maximum Gasteiger partial charge on any atom is 0.126 e. The average Bonchev–Trinajstić information content (AvgIpc) is 2.36. The topological polar surface area (TPSA) is 33.9 Å². The van der Waals surface area contributed by atoms with Crippen molar-refractivity contribution in [3.05, 3.63) is 35.9 Å². The van der Waals surface area contributed by atoms with E-state index in [2.05, 4.69) is 27.7 Å². The molecule has 19 heavy (non-hydrogen) atoms. The van der Waals surface area contributed by atoms with Gasteiger partial charge in [-0.25, -0.2) is 0 Å². The van der Waals surface area contributed by atoms with Crippen LogP contribution in [0.4, 0.5) is 0 Å². The van der Waals surface area contributed by atoms with Crippen LogP contribution in [0.5, 0.6) is 0 Å². The molecule has 0 aliphatic rings. The van der Waals surface area contributed by atoms with E-state index in [1.54, 1.807) is 0 Å². The van der Waals surface area contributed by atoms with Gasteiger partial charge in [0, 0.05) is 0 Å². The number of quaternary nitrogens is 1. The maximum absolute atomic E-state index is 10.0. The van der Waals surface area contributed by atoms with Crippen molar-refractivity contribution in [3.63, 3.8) is 0 Å².